The Balaban J connectivity index is 1.46. The fourth-order valence-corrected chi connectivity index (χ4v) is 4.88. The van der Waals surface area contributed by atoms with Crippen LogP contribution < -0.4 is 0 Å². The Labute approximate surface area is 198 Å². The molecule has 2 aliphatic rings. The van der Waals surface area contributed by atoms with Crippen molar-refractivity contribution in [1.82, 2.24) is 14.5 Å². The zero-order valence-corrected chi connectivity index (χ0v) is 19.2. The second kappa shape index (κ2) is 8.42. The summed E-state index contributed by atoms with van der Waals surface area (Å²) in [6, 6.07) is 7.92. The molecule has 2 saturated heterocycles. The molecule has 3 aromatic rings. The van der Waals surface area contributed by atoms with Gasteiger partial charge in [-0.15, -0.1) is 0 Å². The standard InChI is InChI=1S/C22H22Cl2FN3O5/c1-22(2)32-17-16(15(30)13(25)14(29)10-4-3-5-11(23)8-10)31-21(18(17)33-22)28-7-6-12-19(24)26-9-27-20(12)28/h3-9,13-18,21,29-30H,1-2H3/t13?,14?,15-,16+,17+,18+,21+/m0/s1. The van der Waals surface area contributed by atoms with Gasteiger partial charge in [0.05, 0.1) is 5.39 Å². The number of rotatable bonds is 5. The van der Waals surface area contributed by atoms with Gasteiger partial charge in [-0.1, -0.05) is 35.3 Å². The molecule has 33 heavy (non-hydrogen) atoms. The predicted octanol–water partition coefficient (Wildman–Crippen LogP) is 3.59. The van der Waals surface area contributed by atoms with Gasteiger partial charge >= 0.3 is 0 Å². The fraction of sp³-hybridized carbons (Fsp3) is 0.455. The van der Waals surface area contributed by atoms with E-state index in [9.17, 15) is 10.2 Å². The average molecular weight is 498 g/mol. The molecule has 176 valence electrons. The lowest BCUT2D eigenvalue weighted by Crippen LogP contribution is -2.45. The number of benzene rings is 1. The third-order valence-electron chi connectivity index (χ3n) is 5.95. The molecule has 0 saturated carbocycles. The molecule has 8 nitrogen and oxygen atoms in total. The third-order valence-corrected chi connectivity index (χ3v) is 6.49. The summed E-state index contributed by atoms with van der Waals surface area (Å²) in [4.78, 5) is 8.26. The van der Waals surface area contributed by atoms with Crippen molar-refractivity contribution in [3.05, 3.63) is 58.6 Å². The summed E-state index contributed by atoms with van der Waals surface area (Å²) < 4.78 is 35.1. The van der Waals surface area contributed by atoms with Gasteiger partial charge in [0.15, 0.2) is 18.2 Å². The van der Waals surface area contributed by atoms with E-state index in [1.54, 1.807) is 42.8 Å². The van der Waals surface area contributed by atoms with E-state index in [0.29, 0.717) is 16.1 Å². The Morgan fingerprint density at radius 1 is 1.12 bits per heavy atom. The summed E-state index contributed by atoms with van der Waals surface area (Å²) in [5.74, 6) is -0.984. The van der Waals surface area contributed by atoms with Crippen molar-refractivity contribution in [2.75, 3.05) is 0 Å². The van der Waals surface area contributed by atoms with Gasteiger partial charge in [-0.3, -0.25) is 0 Å². The predicted molar refractivity (Wildman–Crippen MR) is 118 cm³/mol. The van der Waals surface area contributed by atoms with Gasteiger partial charge in [-0.05, 0) is 37.6 Å². The minimum absolute atomic E-state index is 0.242. The van der Waals surface area contributed by atoms with E-state index < -0.39 is 48.7 Å². The summed E-state index contributed by atoms with van der Waals surface area (Å²) in [7, 11) is 0. The van der Waals surface area contributed by atoms with Gasteiger partial charge in [0.1, 0.15) is 47.6 Å². The van der Waals surface area contributed by atoms with E-state index in [4.69, 9.17) is 37.4 Å². The first-order valence-electron chi connectivity index (χ1n) is 10.4. The molecule has 4 heterocycles. The topological polar surface area (TPSA) is 98.9 Å². The first kappa shape index (κ1) is 22.9. The molecule has 5 rings (SSSR count). The van der Waals surface area contributed by atoms with Crippen molar-refractivity contribution in [2.45, 2.75) is 62.6 Å². The molecule has 7 atom stereocenters. The Hall–Kier alpha value is -1.85. The van der Waals surface area contributed by atoms with Crippen LogP contribution in [0.3, 0.4) is 0 Å². The number of nitrogens with zero attached hydrogens (tertiary/aromatic N) is 3. The van der Waals surface area contributed by atoms with Crippen LogP contribution in [0.2, 0.25) is 10.2 Å². The zero-order chi connectivity index (χ0) is 23.5. The highest BCUT2D eigenvalue weighted by molar-refractivity contribution is 6.33. The van der Waals surface area contributed by atoms with E-state index in [-0.39, 0.29) is 10.7 Å². The molecule has 2 unspecified atom stereocenters. The lowest BCUT2D eigenvalue weighted by molar-refractivity contribution is -0.213. The molecule has 2 aliphatic heterocycles. The van der Waals surface area contributed by atoms with Crippen molar-refractivity contribution < 1.29 is 28.8 Å². The number of aliphatic hydroxyl groups is 2. The summed E-state index contributed by atoms with van der Waals surface area (Å²) in [6.45, 7) is 3.46. The number of fused-ring (bicyclic) bond motifs is 2. The van der Waals surface area contributed by atoms with Crippen LogP contribution in [0.25, 0.3) is 11.0 Å². The van der Waals surface area contributed by atoms with E-state index >= 15 is 4.39 Å². The number of alkyl halides is 1. The highest BCUT2D eigenvalue weighted by atomic mass is 35.5. The number of aliphatic hydroxyl groups excluding tert-OH is 2. The van der Waals surface area contributed by atoms with E-state index in [1.807, 2.05) is 0 Å². The van der Waals surface area contributed by atoms with Crippen LogP contribution in [0.1, 0.15) is 31.7 Å². The zero-order valence-electron chi connectivity index (χ0n) is 17.7. The second-order valence-corrected chi connectivity index (χ2v) is 9.41. The van der Waals surface area contributed by atoms with Crippen LogP contribution in [0, 0.1) is 0 Å². The fourth-order valence-electron chi connectivity index (χ4n) is 4.49. The molecular weight excluding hydrogens is 476 g/mol. The average Bonchev–Trinajstić information content (AvgIpc) is 3.43. The quantitative estimate of drug-likeness (QED) is 0.519. The third kappa shape index (κ3) is 4.01. The SMILES string of the molecule is CC1(C)O[C@H]2[C@@H](O1)[C@H](n1ccc3c(Cl)ncnc31)O[C@@H]2[C@@H](O)C(F)C(O)c1cccc(Cl)c1. The van der Waals surface area contributed by atoms with Crippen LogP contribution in [-0.2, 0) is 14.2 Å². The van der Waals surface area contributed by atoms with E-state index in [0.717, 1.165) is 0 Å². The maximum Gasteiger partial charge on any atom is 0.164 e. The summed E-state index contributed by atoms with van der Waals surface area (Å²) in [6.07, 6.45) is -5.73. The molecular formula is C22H22Cl2FN3O5. The normalized spacial score (nSPS) is 29.2. The summed E-state index contributed by atoms with van der Waals surface area (Å²) >= 11 is 12.1. The van der Waals surface area contributed by atoms with Crippen LogP contribution in [0.15, 0.2) is 42.9 Å². The minimum atomic E-state index is -2.07. The number of aromatic nitrogens is 3. The number of ether oxygens (including phenoxy) is 3. The first-order chi connectivity index (χ1) is 15.7. The van der Waals surface area contributed by atoms with Crippen molar-refractivity contribution >= 4 is 34.2 Å². The van der Waals surface area contributed by atoms with Gasteiger partial charge in [0, 0.05) is 11.2 Å². The van der Waals surface area contributed by atoms with Gasteiger partial charge in [-0.2, -0.15) is 0 Å². The summed E-state index contributed by atoms with van der Waals surface area (Å²) in [5.41, 5.74) is 0.741. The molecule has 2 aromatic heterocycles. The number of halogens is 3. The Kier molecular flexibility index (Phi) is 5.85. The van der Waals surface area contributed by atoms with Crippen molar-refractivity contribution in [3.8, 4) is 0 Å². The largest absolute Gasteiger partial charge is 0.387 e. The second-order valence-electron chi connectivity index (χ2n) is 8.62. The van der Waals surface area contributed by atoms with Crippen LogP contribution in [-0.4, -0.2) is 61.1 Å². The van der Waals surface area contributed by atoms with Gasteiger partial charge in [-0.25, -0.2) is 14.4 Å². The highest BCUT2D eigenvalue weighted by Gasteiger charge is 2.59. The van der Waals surface area contributed by atoms with Crippen LogP contribution in [0.4, 0.5) is 4.39 Å². The van der Waals surface area contributed by atoms with E-state index in [1.165, 1.54) is 18.5 Å². The van der Waals surface area contributed by atoms with Gasteiger partial charge in [0.25, 0.3) is 0 Å². The monoisotopic (exact) mass is 497 g/mol. The van der Waals surface area contributed by atoms with Crippen molar-refractivity contribution in [2.24, 2.45) is 0 Å². The maximum atomic E-state index is 15.3. The van der Waals surface area contributed by atoms with Crippen LogP contribution >= 0.6 is 23.2 Å². The molecule has 0 amide bonds. The number of hydrogen-bond acceptors (Lipinski definition) is 7. The molecule has 0 aliphatic carbocycles. The first-order valence-corrected chi connectivity index (χ1v) is 11.2. The van der Waals surface area contributed by atoms with Crippen LogP contribution in [0.5, 0.6) is 0 Å². The summed E-state index contributed by atoms with van der Waals surface area (Å²) in [5, 5.41) is 22.7. The maximum absolute atomic E-state index is 15.3. The Morgan fingerprint density at radius 2 is 1.88 bits per heavy atom. The Bertz CT molecular complexity index is 1180. The van der Waals surface area contributed by atoms with E-state index in [2.05, 4.69) is 9.97 Å². The Morgan fingerprint density at radius 3 is 2.64 bits per heavy atom. The van der Waals surface area contributed by atoms with Crippen molar-refractivity contribution in [1.29, 1.82) is 0 Å². The van der Waals surface area contributed by atoms with Gasteiger partial charge in [0.2, 0.25) is 0 Å². The molecule has 0 radical (unpaired) electrons. The molecule has 2 N–H and O–H groups in total. The molecule has 0 spiro atoms. The lowest BCUT2D eigenvalue weighted by Gasteiger charge is -2.29. The molecule has 1 aromatic carbocycles. The minimum Gasteiger partial charge on any atom is -0.387 e. The van der Waals surface area contributed by atoms with Gasteiger partial charge < -0.3 is 29.0 Å². The molecule has 2 fully saturated rings. The molecule has 0 bridgehead atoms. The lowest BCUT2D eigenvalue weighted by atomic mass is 9.95. The smallest absolute Gasteiger partial charge is 0.164 e. The number of hydrogen-bond donors (Lipinski definition) is 2. The highest BCUT2D eigenvalue weighted by Crippen LogP contribution is 2.46. The molecule has 11 heteroatoms. The van der Waals surface area contributed by atoms with Crippen molar-refractivity contribution in [3.63, 3.8) is 0 Å².